The fourth-order valence-corrected chi connectivity index (χ4v) is 2.33. The van der Waals surface area contributed by atoms with Crippen LogP contribution in [0.25, 0.3) is 0 Å². The number of phenolic OH excluding ortho intramolecular Hbond substituents is 1. The Labute approximate surface area is 94.0 Å². The van der Waals surface area contributed by atoms with E-state index >= 15 is 0 Å². The number of ether oxygens (including phenoxy) is 2. The molecular weight excluding hydrogens is 206 g/mol. The van der Waals surface area contributed by atoms with Crippen LogP contribution in [0.2, 0.25) is 0 Å². The fourth-order valence-electron chi connectivity index (χ4n) is 2.33. The summed E-state index contributed by atoms with van der Waals surface area (Å²) in [6.07, 6.45) is 2.02. The predicted octanol–water partition coefficient (Wildman–Crippen LogP) is 1.15. The molecule has 2 aliphatic rings. The van der Waals surface area contributed by atoms with Crippen LogP contribution in [-0.4, -0.2) is 24.9 Å². The minimum Gasteiger partial charge on any atom is -0.508 e. The Morgan fingerprint density at radius 2 is 2.00 bits per heavy atom. The van der Waals surface area contributed by atoms with Gasteiger partial charge >= 0.3 is 0 Å². The van der Waals surface area contributed by atoms with E-state index in [1.54, 1.807) is 12.1 Å². The van der Waals surface area contributed by atoms with Gasteiger partial charge in [0.05, 0.1) is 0 Å². The lowest BCUT2D eigenvalue weighted by atomic mass is 9.93. The molecule has 1 aromatic carbocycles. The zero-order valence-electron chi connectivity index (χ0n) is 9.03. The maximum Gasteiger partial charge on any atom is 0.168 e. The maximum atomic E-state index is 9.98. The molecule has 0 radical (unpaired) electrons. The lowest BCUT2D eigenvalue weighted by Gasteiger charge is -2.25. The second-order valence-corrected chi connectivity index (χ2v) is 4.47. The van der Waals surface area contributed by atoms with Gasteiger partial charge in [-0.2, -0.15) is 0 Å². The summed E-state index contributed by atoms with van der Waals surface area (Å²) >= 11 is 0. The van der Waals surface area contributed by atoms with Crippen molar-refractivity contribution in [2.75, 3.05) is 19.8 Å². The standard InChI is InChI=1S/C12H15NO3/c13-7-12(3-4-12)10-8(14)1-2-9-11(10)16-6-5-15-9/h1-2,14H,3-7,13H2. The second-order valence-electron chi connectivity index (χ2n) is 4.47. The number of aromatic hydroxyl groups is 1. The Morgan fingerprint density at radius 1 is 1.25 bits per heavy atom. The zero-order chi connectivity index (χ0) is 11.2. The number of phenols is 1. The lowest BCUT2D eigenvalue weighted by Crippen LogP contribution is -2.24. The molecule has 3 N–H and O–H groups in total. The summed E-state index contributed by atoms with van der Waals surface area (Å²) in [6, 6.07) is 3.42. The predicted molar refractivity (Wildman–Crippen MR) is 59.1 cm³/mol. The first-order valence-corrected chi connectivity index (χ1v) is 5.59. The number of benzene rings is 1. The molecule has 0 aromatic heterocycles. The van der Waals surface area contributed by atoms with E-state index in [2.05, 4.69) is 0 Å². The van der Waals surface area contributed by atoms with Gasteiger partial charge in [0.2, 0.25) is 0 Å². The van der Waals surface area contributed by atoms with Crippen molar-refractivity contribution in [3.05, 3.63) is 17.7 Å². The highest BCUT2D eigenvalue weighted by atomic mass is 16.6. The van der Waals surface area contributed by atoms with Crippen molar-refractivity contribution < 1.29 is 14.6 Å². The van der Waals surface area contributed by atoms with Gasteiger partial charge in [-0.25, -0.2) is 0 Å². The van der Waals surface area contributed by atoms with E-state index in [-0.39, 0.29) is 11.2 Å². The lowest BCUT2D eigenvalue weighted by molar-refractivity contribution is 0.168. The van der Waals surface area contributed by atoms with Crippen LogP contribution in [-0.2, 0) is 5.41 Å². The minimum absolute atomic E-state index is 0.0872. The van der Waals surface area contributed by atoms with Crippen LogP contribution in [0, 0.1) is 0 Å². The van der Waals surface area contributed by atoms with Crippen LogP contribution in [0.4, 0.5) is 0 Å². The summed E-state index contributed by atoms with van der Waals surface area (Å²) in [6.45, 7) is 1.64. The molecule has 1 heterocycles. The molecule has 16 heavy (non-hydrogen) atoms. The summed E-state index contributed by atoms with van der Waals surface area (Å²) in [7, 11) is 0. The molecule has 0 amide bonds. The van der Waals surface area contributed by atoms with Gasteiger partial charge in [0, 0.05) is 17.5 Å². The van der Waals surface area contributed by atoms with Crippen molar-refractivity contribution in [3.63, 3.8) is 0 Å². The third-order valence-electron chi connectivity index (χ3n) is 3.46. The molecule has 0 spiro atoms. The Morgan fingerprint density at radius 3 is 2.69 bits per heavy atom. The topological polar surface area (TPSA) is 64.7 Å². The van der Waals surface area contributed by atoms with Crippen LogP contribution in [0.1, 0.15) is 18.4 Å². The molecule has 1 aromatic rings. The maximum absolute atomic E-state index is 9.98. The molecule has 1 aliphatic heterocycles. The second kappa shape index (κ2) is 3.28. The molecule has 4 nitrogen and oxygen atoms in total. The molecular formula is C12H15NO3. The fraction of sp³-hybridized carbons (Fsp3) is 0.500. The highest BCUT2D eigenvalue weighted by Gasteiger charge is 2.47. The van der Waals surface area contributed by atoms with Gasteiger partial charge in [-0.05, 0) is 25.0 Å². The van der Waals surface area contributed by atoms with E-state index in [1.807, 2.05) is 0 Å². The van der Waals surface area contributed by atoms with Crippen molar-refractivity contribution in [1.82, 2.24) is 0 Å². The third-order valence-corrected chi connectivity index (χ3v) is 3.46. The van der Waals surface area contributed by atoms with Gasteiger partial charge in [0.15, 0.2) is 11.5 Å². The van der Waals surface area contributed by atoms with Gasteiger partial charge in [-0.15, -0.1) is 0 Å². The normalized spacial score (nSPS) is 20.6. The van der Waals surface area contributed by atoms with Crippen LogP contribution >= 0.6 is 0 Å². The number of hydrogen-bond acceptors (Lipinski definition) is 4. The van der Waals surface area contributed by atoms with Gasteiger partial charge in [0.25, 0.3) is 0 Å². The molecule has 1 fully saturated rings. The molecule has 0 atom stereocenters. The molecule has 1 saturated carbocycles. The molecule has 1 aliphatic carbocycles. The zero-order valence-corrected chi connectivity index (χ0v) is 9.03. The summed E-state index contributed by atoms with van der Waals surface area (Å²) in [5.74, 6) is 1.68. The Balaban J connectivity index is 2.15. The van der Waals surface area contributed by atoms with Gasteiger partial charge in [0.1, 0.15) is 19.0 Å². The van der Waals surface area contributed by atoms with Crippen LogP contribution in [0.3, 0.4) is 0 Å². The van der Waals surface area contributed by atoms with Crippen molar-refractivity contribution in [2.45, 2.75) is 18.3 Å². The largest absolute Gasteiger partial charge is 0.508 e. The average molecular weight is 221 g/mol. The number of hydrogen-bond donors (Lipinski definition) is 2. The smallest absolute Gasteiger partial charge is 0.168 e. The van der Waals surface area contributed by atoms with Crippen molar-refractivity contribution in [2.24, 2.45) is 5.73 Å². The highest BCUT2D eigenvalue weighted by Crippen LogP contribution is 2.56. The quantitative estimate of drug-likeness (QED) is 0.786. The van der Waals surface area contributed by atoms with Crippen LogP contribution in [0.5, 0.6) is 17.2 Å². The summed E-state index contributed by atoms with van der Waals surface area (Å²) < 4.78 is 11.1. The molecule has 0 bridgehead atoms. The summed E-state index contributed by atoms with van der Waals surface area (Å²) in [4.78, 5) is 0. The Kier molecular flexibility index (Phi) is 2.01. The Hall–Kier alpha value is -1.42. The van der Waals surface area contributed by atoms with Crippen molar-refractivity contribution >= 4 is 0 Å². The van der Waals surface area contributed by atoms with Gasteiger partial charge < -0.3 is 20.3 Å². The number of fused-ring (bicyclic) bond motifs is 1. The number of nitrogens with two attached hydrogens (primary N) is 1. The van der Waals surface area contributed by atoms with E-state index in [0.29, 0.717) is 25.5 Å². The Bertz CT molecular complexity index is 427. The van der Waals surface area contributed by atoms with Crippen molar-refractivity contribution in [1.29, 1.82) is 0 Å². The summed E-state index contributed by atoms with van der Waals surface area (Å²) in [5, 5.41) is 9.98. The average Bonchev–Trinajstić information content (AvgIpc) is 3.10. The first kappa shape index (κ1) is 9.78. The first-order valence-electron chi connectivity index (χ1n) is 5.59. The summed E-state index contributed by atoms with van der Waals surface area (Å²) in [5.41, 5.74) is 6.55. The van der Waals surface area contributed by atoms with E-state index in [0.717, 1.165) is 24.2 Å². The van der Waals surface area contributed by atoms with Gasteiger partial charge in [-0.3, -0.25) is 0 Å². The molecule has 3 rings (SSSR count). The van der Waals surface area contributed by atoms with E-state index in [4.69, 9.17) is 15.2 Å². The van der Waals surface area contributed by atoms with Crippen LogP contribution in [0.15, 0.2) is 12.1 Å². The van der Waals surface area contributed by atoms with Crippen LogP contribution < -0.4 is 15.2 Å². The van der Waals surface area contributed by atoms with E-state index in [1.165, 1.54) is 0 Å². The molecule has 0 unspecified atom stereocenters. The molecule has 4 heteroatoms. The van der Waals surface area contributed by atoms with Crippen molar-refractivity contribution in [3.8, 4) is 17.2 Å². The van der Waals surface area contributed by atoms with Gasteiger partial charge in [-0.1, -0.05) is 0 Å². The van der Waals surface area contributed by atoms with E-state index in [9.17, 15) is 5.11 Å². The highest BCUT2D eigenvalue weighted by molar-refractivity contribution is 5.59. The molecule has 86 valence electrons. The monoisotopic (exact) mass is 221 g/mol. The minimum atomic E-state index is -0.0872. The SMILES string of the molecule is NCC1(c2c(O)ccc3c2OCCO3)CC1. The van der Waals surface area contributed by atoms with E-state index < -0.39 is 0 Å². The first-order chi connectivity index (χ1) is 7.77. The third kappa shape index (κ3) is 1.26. The number of rotatable bonds is 2. The molecule has 0 saturated heterocycles.